The number of ether oxygens (including phenoxy) is 4. The maximum Gasteiger partial charge on any atom is 0.414 e. The molecule has 0 aromatic heterocycles. The van der Waals surface area contributed by atoms with Crippen molar-refractivity contribution in [3.05, 3.63) is 57.6 Å². The first kappa shape index (κ1) is 25.6. The van der Waals surface area contributed by atoms with Gasteiger partial charge < -0.3 is 18.9 Å². The number of nitro groups is 1. The van der Waals surface area contributed by atoms with Crippen LogP contribution in [0.15, 0.2) is 36.4 Å². The Morgan fingerprint density at radius 1 is 1.11 bits per heavy atom. The van der Waals surface area contributed by atoms with Crippen LogP contribution < -0.4 is 14.4 Å². The summed E-state index contributed by atoms with van der Waals surface area (Å²) in [5.74, 6) is 0.864. The Morgan fingerprint density at radius 2 is 1.74 bits per heavy atom. The molecule has 35 heavy (non-hydrogen) atoms. The predicted molar refractivity (Wildman–Crippen MR) is 127 cm³/mol. The fraction of sp³-hybridized carbons (Fsp3) is 0.417. The highest BCUT2D eigenvalue weighted by molar-refractivity contribution is 5.91. The molecule has 3 rings (SSSR count). The number of carbonyl (C=O) groups is 2. The molecule has 0 unspecified atom stereocenters. The van der Waals surface area contributed by atoms with Gasteiger partial charge in [-0.05, 0) is 31.9 Å². The molecule has 0 aliphatic carbocycles. The Hall–Kier alpha value is -4.02. The van der Waals surface area contributed by atoms with Crippen molar-refractivity contribution in [1.29, 1.82) is 0 Å². The van der Waals surface area contributed by atoms with E-state index in [0.29, 0.717) is 34.7 Å². The normalized spacial score (nSPS) is 16.7. The van der Waals surface area contributed by atoms with Gasteiger partial charge in [0.2, 0.25) is 0 Å². The molecular formula is C24H29N3O8. The van der Waals surface area contributed by atoms with Crippen molar-refractivity contribution >= 4 is 23.6 Å². The molecule has 0 radical (unpaired) electrons. The highest BCUT2D eigenvalue weighted by Gasteiger charge is 2.40. The van der Waals surface area contributed by atoms with Crippen molar-refractivity contribution in [2.24, 2.45) is 0 Å². The first-order valence-electron chi connectivity index (χ1n) is 11.0. The number of carbonyl (C=O) groups excluding carboxylic acids is 2. The van der Waals surface area contributed by atoms with E-state index in [0.717, 1.165) is 0 Å². The van der Waals surface area contributed by atoms with Crippen molar-refractivity contribution in [3.63, 3.8) is 0 Å². The molecule has 1 heterocycles. The number of fused-ring (bicyclic) bond motifs is 1. The van der Waals surface area contributed by atoms with Gasteiger partial charge in [-0.15, -0.1) is 0 Å². The molecule has 11 heteroatoms. The molecule has 0 saturated carbocycles. The fourth-order valence-corrected chi connectivity index (χ4v) is 4.26. The lowest BCUT2D eigenvalue weighted by Gasteiger charge is -2.42. The third kappa shape index (κ3) is 5.23. The molecule has 11 nitrogen and oxygen atoms in total. The van der Waals surface area contributed by atoms with E-state index in [2.05, 4.69) is 0 Å². The van der Waals surface area contributed by atoms with Crippen molar-refractivity contribution in [2.45, 2.75) is 38.9 Å². The number of nitro benzene ring substituents is 1. The molecule has 2 aromatic rings. The number of rotatable bonds is 7. The van der Waals surface area contributed by atoms with E-state index in [1.165, 1.54) is 38.4 Å². The van der Waals surface area contributed by atoms with Crippen LogP contribution in [0.1, 0.15) is 37.4 Å². The second kappa shape index (κ2) is 10.9. The van der Waals surface area contributed by atoms with Gasteiger partial charge >= 0.3 is 12.2 Å². The quantitative estimate of drug-likeness (QED) is 0.408. The van der Waals surface area contributed by atoms with Crippen LogP contribution in [-0.2, 0) is 16.0 Å². The number of hydrogen-bond acceptors (Lipinski definition) is 8. The molecule has 0 N–H and O–H groups in total. The average molecular weight is 488 g/mol. The second-order valence-electron chi connectivity index (χ2n) is 7.96. The topological polar surface area (TPSA) is 121 Å². The van der Waals surface area contributed by atoms with Crippen molar-refractivity contribution in [1.82, 2.24) is 4.90 Å². The first-order valence-corrected chi connectivity index (χ1v) is 11.0. The molecule has 1 aliphatic rings. The minimum absolute atomic E-state index is 0.0445. The monoisotopic (exact) mass is 487 g/mol. The van der Waals surface area contributed by atoms with Crippen LogP contribution in [0, 0.1) is 10.1 Å². The van der Waals surface area contributed by atoms with Crippen LogP contribution in [0.2, 0.25) is 0 Å². The molecule has 0 fully saturated rings. The van der Waals surface area contributed by atoms with Crippen LogP contribution in [-0.4, -0.2) is 56.0 Å². The molecule has 188 valence electrons. The number of benzene rings is 2. The summed E-state index contributed by atoms with van der Waals surface area (Å²) in [7, 11) is 4.29. The van der Waals surface area contributed by atoms with Gasteiger partial charge in [0.05, 0.1) is 44.6 Å². The molecule has 0 saturated heterocycles. The van der Waals surface area contributed by atoms with Crippen LogP contribution >= 0.6 is 0 Å². The van der Waals surface area contributed by atoms with E-state index in [1.54, 1.807) is 36.1 Å². The minimum Gasteiger partial charge on any atom is -0.493 e. The zero-order valence-electron chi connectivity index (χ0n) is 20.3. The van der Waals surface area contributed by atoms with Gasteiger partial charge in [-0.25, -0.2) is 9.59 Å². The van der Waals surface area contributed by atoms with E-state index in [9.17, 15) is 19.7 Å². The summed E-state index contributed by atoms with van der Waals surface area (Å²) < 4.78 is 21.3. The number of amides is 2. The lowest BCUT2D eigenvalue weighted by molar-refractivity contribution is -0.384. The standard InChI is InChI=1S/C24H29N3O8/c1-6-35-24(29)26-15(2)11-19(18-12-21(32-3)22(33-4)13-20(18)26)25(23(28)34-5)14-16-7-9-17(10-8-16)27(30)31/h7-10,12-13,15,19H,6,11,14H2,1-5H3/t15-,19+/m1/s1. The van der Waals surface area contributed by atoms with Gasteiger partial charge in [0.15, 0.2) is 11.5 Å². The Balaban J connectivity index is 2.11. The van der Waals surface area contributed by atoms with Crippen molar-refractivity contribution < 1.29 is 33.5 Å². The van der Waals surface area contributed by atoms with Gasteiger partial charge in [-0.2, -0.15) is 0 Å². The van der Waals surface area contributed by atoms with Gasteiger partial charge in [0.1, 0.15) is 0 Å². The summed E-state index contributed by atoms with van der Waals surface area (Å²) in [5.41, 5.74) is 1.82. The maximum absolute atomic E-state index is 12.9. The smallest absolute Gasteiger partial charge is 0.414 e. The van der Waals surface area contributed by atoms with E-state index in [1.807, 2.05) is 6.92 Å². The van der Waals surface area contributed by atoms with Gasteiger partial charge in [0.25, 0.3) is 5.69 Å². The molecule has 0 spiro atoms. The van der Waals surface area contributed by atoms with Gasteiger partial charge in [-0.1, -0.05) is 12.1 Å². The Kier molecular flexibility index (Phi) is 8.00. The molecular weight excluding hydrogens is 458 g/mol. The summed E-state index contributed by atoms with van der Waals surface area (Å²) in [6, 6.07) is 8.58. The summed E-state index contributed by atoms with van der Waals surface area (Å²) in [5, 5.41) is 11.0. The van der Waals surface area contributed by atoms with Gasteiger partial charge in [0, 0.05) is 36.3 Å². The largest absolute Gasteiger partial charge is 0.493 e. The Bertz CT molecular complexity index is 1090. The Morgan fingerprint density at radius 3 is 2.29 bits per heavy atom. The third-order valence-corrected chi connectivity index (χ3v) is 5.91. The van der Waals surface area contributed by atoms with Crippen molar-refractivity contribution in [3.8, 4) is 11.5 Å². The van der Waals surface area contributed by atoms with Crippen LogP contribution in [0.25, 0.3) is 0 Å². The minimum atomic E-state index is -0.578. The van der Waals surface area contributed by atoms with Crippen LogP contribution in [0.3, 0.4) is 0 Å². The lowest BCUT2D eigenvalue weighted by Crippen LogP contribution is -2.47. The molecule has 0 bridgehead atoms. The molecule has 2 aromatic carbocycles. The number of non-ortho nitro benzene ring substituents is 1. The number of nitrogens with zero attached hydrogens (tertiary/aromatic N) is 3. The first-order chi connectivity index (χ1) is 16.7. The number of anilines is 1. The zero-order valence-corrected chi connectivity index (χ0v) is 20.3. The highest BCUT2D eigenvalue weighted by Crippen LogP contribution is 2.46. The van der Waals surface area contributed by atoms with Gasteiger partial charge in [-0.3, -0.25) is 19.9 Å². The second-order valence-corrected chi connectivity index (χ2v) is 7.96. The summed E-state index contributed by atoms with van der Waals surface area (Å²) >= 11 is 0. The number of methoxy groups -OCH3 is 3. The zero-order chi connectivity index (χ0) is 25.7. The fourth-order valence-electron chi connectivity index (χ4n) is 4.26. The highest BCUT2D eigenvalue weighted by atomic mass is 16.6. The third-order valence-electron chi connectivity index (χ3n) is 5.91. The van der Waals surface area contributed by atoms with E-state index in [4.69, 9.17) is 18.9 Å². The molecule has 2 amide bonds. The van der Waals surface area contributed by atoms with E-state index < -0.39 is 23.2 Å². The maximum atomic E-state index is 12.9. The SMILES string of the molecule is CCOC(=O)N1c2cc(OC)c(OC)cc2[C@@H](N(Cc2ccc([N+](=O)[O-])cc2)C(=O)OC)C[C@H]1C. The average Bonchev–Trinajstić information content (AvgIpc) is 2.85. The number of hydrogen-bond donors (Lipinski definition) is 0. The Labute approximate surface area is 203 Å². The van der Waals surface area contributed by atoms with E-state index in [-0.39, 0.29) is 24.9 Å². The molecule has 2 atom stereocenters. The summed E-state index contributed by atoms with van der Waals surface area (Å²) in [6.07, 6.45) is -0.693. The summed E-state index contributed by atoms with van der Waals surface area (Å²) in [6.45, 7) is 3.94. The van der Waals surface area contributed by atoms with Crippen LogP contribution in [0.5, 0.6) is 11.5 Å². The van der Waals surface area contributed by atoms with E-state index >= 15 is 0 Å². The summed E-state index contributed by atoms with van der Waals surface area (Å²) in [4.78, 5) is 39.4. The van der Waals surface area contributed by atoms with Crippen LogP contribution in [0.4, 0.5) is 21.0 Å². The molecule has 1 aliphatic heterocycles. The lowest BCUT2D eigenvalue weighted by atomic mass is 9.90. The van der Waals surface area contributed by atoms with Crippen molar-refractivity contribution in [2.75, 3.05) is 32.8 Å². The predicted octanol–water partition coefficient (Wildman–Crippen LogP) is 4.68.